The lowest BCUT2D eigenvalue weighted by molar-refractivity contribution is -0.210. The molecule has 3 heterocycles. The van der Waals surface area contributed by atoms with Crippen LogP contribution in [0, 0.1) is 5.92 Å². The summed E-state index contributed by atoms with van der Waals surface area (Å²) in [5.41, 5.74) is -0.525. The van der Waals surface area contributed by atoms with Crippen molar-refractivity contribution in [2.75, 3.05) is 11.9 Å². The van der Waals surface area contributed by atoms with Crippen LogP contribution in [0.5, 0.6) is 0 Å². The Labute approximate surface area is 141 Å². The molecular weight excluding hydrogens is 334 g/mol. The summed E-state index contributed by atoms with van der Waals surface area (Å²) in [6, 6.07) is 0. The molecule has 1 aliphatic heterocycles. The second-order valence-electron chi connectivity index (χ2n) is 6.15. The van der Waals surface area contributed by atoms with E-state index in [2.05, 4.69) is 20.3 Å². The zero-order valence-electron chi connectivity index (χ0n) is 13.6. The van der Waals surface area contributed by atoms with E-state index in [1.807, 2.05) is 0 Å². The lowest BCUT2D eigenvalue weighted by Gasteiger charge is -2.35. The van der Waals surface area contributed by atoms with Gasteiger partial charge in [-0.2, -0.15) is 4.98 Å². The second-order valence-corrected chi connectivity index (χ2v) is 6.15. The van der Waals surface area contributed by atoms with Crippen molar-refractivity contribution in [2.24, 2.45) is 5.92 Å². The molecule has 0 saturated carbocycles. The van der Waals surface area contributed by atoms with E-state index in [0.29, 0.717) is 0 Å². The minimum Gasteiger partial charge on any atom is -0.388 e. The molecule has 1 saturated heterocycles. The molecule has 2 aromatic heterocycles. The van der Waals surface area contributed by atoms with Crippen LogP contribution in [0.25, 0.3) is 11.2 Å². The van der Waals surface area contributed by atoms with Gasteiger partial charge in [0.25, 0.3) is 5.56 Å². The third-order valence-electron chi connectivity index (χ3n) is 3.95. The van der Waals surface area contributed by atoms with Crippen molar-refractivity contribution in [1.29, 1.82) is 0 Å². The molecule has 5 N–H and O–H groups in total. The van der Waals surface area contributed by atoms with E-state index < -0.39 is 30.1 Å². The Kier molecular flexibility index (Phi) is 4.56. The fourth-order valence-corrected chi connectivity index (χ4v) is 2.47. The Morgan fingerprint density at radius 3 is 2.80 bits per heavy atom. The molecule has 0 aromatic carbocycles. The first-order chi connectivity index (χ1) is 11.8. The maximum absolute atomic E-state index is 12.1. The molecule has 0 bridgehead atoms. The SMILES string of the molecule is CC(C)C(=O)Nc1nc2c(ncn2[C@@H]2OC[C@H](O)[C@@H](O)[C@H]2O)c(=O)[nH]1. The van der Waals surface area contributed by atoms with Crippen LogP contribution in [-0.2, 0) is 9.53 Å². The Morgan fingerprint density at radius 1 is 1.40 bits per heavy atom. The van der Waals surface area contributed by atoms with Crippen molar-refractivity contribution in [2.45, 2.75) is 38.4 Å². The highest BCUT2D eigenvalue weighted by Crippen LogP contribution is 2.26. The van der Waals surface area contributed by atoms with Gasteiger partial charge in [-0.15, -0.1) is 0 Å². The number of aromatic nitrogens is 4. The van der Waals surface area contributed by atoms with Crippen molar-refractivity contribution >= 4 is 23.0 Å². The van der Waals surface area contributed by atoms with Gasteiger partial charge >= 0.3 is 0 Å². The molecule has 3 rings (SSSR count). The number of H-pyrrole nitrogens is 1. The summed E-state index contributed by atoms with van der Waals surface area (Å²) in [7, 11) is 0. The Hall–Kier alpha value is -2.34. The fraction of sp³-hybridized carbons (Fsp3) is 0.571. The summed E-state index contributed by atoms with van der Waals surface area (Å²) < 4.78 is 6.62. The van der Waals surface area contributed by atoms with Gasteiger partial charge in [0.15, 0.2) is 17.4 Å². The van der Waals surface area contributed by atoms with Crippen LogP contribution in [0.3, 0.4) is 0 Å². The molecule has 0 spiro atoms. The predicted octanol–water partition coefficient (Wildman–Crippen LogP) is -1.67. The smallest absolute Gasteiger partial charge is 0.280 e. The molecule has 4 atom stereocenters. The molecule has 2 aromatic rings. The number of imidazole rings is 1. The lowest BCUT2D eigenvalue weighted by Crippen LogP contribution is -2.50. The standard InChI is InChI=1S/C14H19N5O6/c1-5(2)11(23)17-14-16-10-7(12(24)18-14)15-4-19(10)13-9(22)8(21)6(20)3-25-13/h4-6,8-9,13,20-22H,3H2,1-2H3,(H2,16,17,18,23,24)/t6-,8+,9+,13+/m0/s1. The molecule has 0 unspecified atom stereocenters. The zero-order chi connectivity index (χ0) is 18.3. The molecular formula is C14H19N5O6. The minimum atomic E-state index is -1.45. The van der Waals surface area contributed by atoms with Gasteiger partial charge in [0, 0.05) is 5.92 Å². The molecule has 1 aliphatic rings. The quantitative estimate of drug-likeness (QED) is 0.437. The van der Waals surface area contributed by atoms with Gasteiger partial charge in [-0.3, -0.25) is 24.5 Å². The fourth-order valence-electron chi connectivity index (χ4n) is 2.47. The third kappa shape index (κ3) is 3.14. The van der Waals surface area contributed by atoms with Crippen LogP contribution < -0.4 is 10.9 Å². The van der Waals surface area contributed by atoms with Crippen LogP contribution in [0.15, 0.2) is 11.1 Å². The summed E-state index contributed by atoms with van der Waals surface area (Å²) in [6.07, 6.45) is -3.95. The first kappa shape index (κ1) is 17.5. The number of aliphatic hydroxyl groups excluding tert-OH is 3. The largest absolute Gasteiger partial charge is 0.388 e. The van der Waals surface area contributed by atoms with Gasteiger partial charge in [0.1, 0.15) is 18.3 Å². The van der Waals surface area contributed by atoms with Gasteiger partial charge in [-0.25, -0.2) is 4.98 Å². The topological polar surface area (TPSA) is 163 Å². The maximum Gasteiger partial charge on any atom is 0.280 e. The van der Waals surface area contributed by atoms with E-state index in [1.165, 1.54) is 10.9 Å². The van der Waals surface area contributed by atoms with Crippen molar-refractivity contribution in [3.63, 3.8) is 0 Å². The molecule has 136 valence electrons. The van der Waals surface area contributed by atoms with E-state index in [0.717, 1.165) is 0 Å². The van der Waals surface area contributed by atoms with Gasteiger partial charge in [-0.1, -0.05) is 13.8 Å². The Bertz CT molecular complexity index is 846. The molecule has 0 radical (unpaired) electrons. The van der Waals surface area contributed by atoms with Gasteiger partial charge < -0.3 is 20.1 Å². The average molecular weight is 353 g/mol. The Morgan fingerprint density at radius 2 is 2.12 bits per heavy atom. The van der Waals surface area contributed by atoms with E-state index in [-0.39, 0.29) is 35.5 Å². The van der Waals surface area contributed by atoms with Gasteiger partial charge in [0.05, 0.1) is 12.9 Å². The molecule has 11 heteroatoms. The van der Waals surface area contributed by atoms with Gasteiger partial charge in [-0.05, 0) is 0 Å². The molecule has 1 fully saturated rings. The van der Waals surface area contributed by atoms with E-state index in [1.54, 1.807) is 13.8 Å². The monoisotopic (exact) mass is 353 g/mol. The third-order valence-corrected chi connectivity index (χ3v) is 3.95. The van der Waals surface area contributed by atoms with E-state index in [4.69, 9.17) is 4.74 Å². The first-order valence-corrected chi connectivity index (χ1v) is 7.73. The molecule has 11 nitrogen and oxygen atoms in total. The van der Waals surface area contributed by atoms with Crippen molar-refractivity contribution in [3.8, 4) is 0 Å². The van der Waals surface area contributed by atoms with Crippen LogP contribution in [-0.4, -0.2) is 65.7 Å². The first-order valence-electron chi connectivity index (χ1n) is 7.73. The number of aromatic amines is 1. The van der Waals surface area contributed by atoms with Crippen LogP contribution in [0.4, 0.5) is 5.95 Å². The van der Waals surface area contributed by atoms with Crippen LogP contribution in [0.2, 0.25) is 0 Å². The van der Waals surface area contributed by atoms with Crippen LogP contribution in [0.1, 0.15) is 20.1 Å². The van der Waals surface area contributed by atoms with Crippen molar-refractivity contribution in [3.05, 3.63) is 16.7 Å². The summed E-state index contributed by atoms with van der Waals surface area (Å²) in [5, 5.41) is 32.0. The second kappa shape index (κ2) is 6.52. The number of anilines is 1. The number of nitrogens with zero attached hydrogens (tertiary/aromatic N) is 3. The van der Waals surface area contributed by atoms with E-state index >= 15 is 0 Å². The van der Waals surface area contributed by atoms with Gasteiger partial charge in [0.2, 0.25) is 11.9 Å². The normalized spacial score (nSPS) is 27.0. The number of hydrogen-bond donors (Lipinski definition) is 5. The number of aliphatic hydroxyl groups is 3. The predicted molar refractivity (Wildman–Crippen MR) is 84.6 cm³/mol. The number of nitrogens with one attached hydrogen (secondary N) is 2. The van der Waals surface area contributed by atoms with E-state index in [9.17, 15) is 24.9 Å². The van der Waals surface area contributed by atoms with Crippen LogP contribution >= 0.6 is 0 Å². The lowest BCUT2D eigenvalue weighted by atomic mass is 10.0. The number of amides is 1. The highest BCUT2D eigenvalue weighted by atomic mass is 16.5. The number of fused-ring (bicyclic) bond motifs is 1. The molecule has 25 heavy (non-hydrogen) atoms. The summed E-state index contributed by atoms with van der Waals surface area (Å²) in [4.78, 5) is 34.4. The highest BCUT2D eigenvalue weighted by Gasteiger charge is 2.39. The number of carbonyl (C=O) groups is 1. The molecule has 1 amide bonds. The summed E-state index contributed by atoms with van der Waals surface area (Å²) in [5.74, 6) is -0.712. The van der Waals surface area contributed by atoms with Crippen molar-refractivity contribution < 1.29 is 24.9 Å². The highest BCUT2D eigenvalue weighted by molar-refractivity contribution is 5.91. The number of carbonyl (C=O) groups excluding carboxylic acids is 1. The zero-order valence-corrected chi connectivity index (χ0v) is 13.6. The summed E-state index contributed by atoms with van der Waals surface area (Å²) in [6.45, 7) is 3.17. The number of rotatable bonds is 3. The van der Waals surface area contributed by atoms with Crippen molar-refractivity contribution in [1.82, 2.24) is 19.5 Å². The minimum absolute atomic E-state index is 0.0149. The summed E-state index contributed by atoms with van der Waals surface area (Å²) >= 11 is 0. The number of ether oxygens (including phenoxy) is 1. The molecule has 0 aliphatic carbocycles. The average Bonchev–Trinajstić information content (AvgIpc) is 2.97. The maximum atomic E-state index is 12.1. The number of hydrogen-bond acceptors (Lipinski definition) is 8. The Balaban J connectivity index is 2.01.